The molecule has 0 spiro atoms. The number of nitrogens with one attached hydrogen (secondary N) is 1. The number of aryl methyl sites for hydroxylation is 3. The summed E-state index contributed by atoms with van der Waals surface area (Å²) < 4.78 is 34.6. The summed E-state index contributed by atoms with van der Waals surface area (Å²) >= 11 is 3.55. The second-order valence-electron chi connectivity index (χ2n) is 8.36. The van der Waals surface area contributed by atoms with Crippen molar-refractivity contribution in [2.24, 2.45) is 5.92 Å². The highest BCUT2D eigenvalue weighted by atomic mass is 79.9. The Morgan fingerprint density at radius 1 is 1.15 bits per heavy atom. The summed E-state index contributed by atoms with van der Waals surface area (Å²) in [7, 11) is -3.70. The Balaban J connectivity index is 1.79. The first-order chi connectivity index (χ1) is 15.7. The van der Waals surface area contributed by atoms with Crippen LogP contribution in [0.3, 0.4) is 0 Å². The number of amides is 1. The van der Waals surface area contributed by atoms with Gasteiger partial charge in [-0.3, -0.25) is 4.79 Å². The van der Waals surface area contributed by atoms with Crippen LogP contribution in [0.1, 0.15) is 50.3 Å². The van der Waals surface area contributed by atoms with Crippen LogP contribution in [0, 0.1) is 12.8 Å². The minimum absolute atomic E-state index is 0.121. The lowest BCUT2D eigenvalue weighted by molar-refractivity contribution is -0.120. The van der Waals surface area contributed by atoms with E-state index in [1.807, 2.05) is 26.0 Å². The Labute approximate surface area is 205 Å². The summed E-state index contributed by atoms with van der Waals surface area (Å²) in [4.78, 5) is 13.4. The number of sulfonamides is 1. The lowest BCUT2D eigenvalue weighted by Gasteiger charge is -2.31. The summed E-state index contributed by atoms with van der Waals surface area (Å²) in [5.41, 5.74) is 3.77. The third-order valence-corrected chi connectivity index (χ3v) is 8.43. The van der Waals surface area contributed by atoms with Crippen LogP contribution in [0.15, 0.2) is 39.7 Å². The van der Waals surface area contributed by atoms with Gasteiger partial charge < -0.3 is 10.1 Å². The molecule has 1 fully saturated rings. The van der Waals surface area contributed by atoms with Gasteiger partial charge in [0.05, 0.1) is 17.4 Å². The highest BCUT2D eigenvalue weighted by Crippen LogP contribution is 2.31. The molecule has 1 atom stereocenters. The van der Waals surface area contributed by atoms with Gasteiger partial charge >= 0.3 is 0 Å². The van der Waals surface area contributed by atoms with E-state index in [9.17, 15) is 13.2 Å². The largest absolute Gasteiger partial charge is 0.494 e. The van der Waals surface area contributed by atoms with E-state index in [0.29, 0.717) is 31.7 Å². The lowest BCUT2D eigenvalue weighted by atomic mass is 9.97. The van der Waals surface area contributed by atoms with Gasteiger partial charge in [0, 0.05) is 23.2 Å². The van der Waals surface area contributed by atoms with Crippen molar-refractivity contribution in [3.63, 3.8) is 0 Å². The fourth-order valence-electron chi connectivity index (χ4n) is 4.29. The summed E-state index contributed by atoms with van der Waals surface area (Å²) in [5, 5.41) is 3.12. The molecule has 0 radical (unpaired) electrons. The molecule has 33 heavy (non-hydrogen) atoms. The van der Waals surface area contributed by atoms with Crippen LogP contribution < -0.4 is 10.1 Å². The zero-order valence-corrected chi connectivity index (χ0v) is 22.2. The van der Waals surface area contributed by atoms with Crippen molar-refractivity contribution in [3.8, 4) is 5.75 Å². The van der Waals surface area contributed by atoms with E-state index in [2.05, 4.69) is 35.1 Å². The highest BCUT2D eigenvalue weighted by molar-refractivity contribution is 9.10. The Kier molecular flexibility index (Phi) is 8.59. The summed E-state index contributed by atoms with van der Waals surface area (Å²) in [5.74, 6) is 0.167. The van der Waals surface area contributed by atoms with Crippen molar-refractivity contribution in [1.29, 1.82) is 0 Å². The van der Waals surface area contributed by atoms with E-state index in [4.69, 9.17) is 4.74 Å². The number of anilines is 1. The zero-order valence-electron chi connectivity index (χ0n) is 19.8. The van der Waals surface area contributed by atoms with Gasteiger partial charge in [-0.1, -0.05) is 29.8 Å². The van der Waals surface area contributed by atoms with Gasteiger partial charge in [0.15, 0.2) is 0 Å². The average molecular weight is 538 g/mol. The van der Waals surface area contributed by atoms with E-state index in [1.165, 1.54) is 4.31 Å². The molecule has 1 amide bonds. The third kappa shape index (κ3) is 5.78. The van der Waals surface area contributed by atoms with Crippen molar-refractivity contribution in [2.75, 3.05) is 25.0 Å². The van der Waals surface area contributed by atoms with Crippen molar-refractivity contribution < 1.29 is 17.9 Å². The maximum atomic E-state index is 13.3. The third-order valence-electron chi connectivity index (χ3n) is 6.12. The molecule has 1 N–H and O–H groups in total. The second-order valence-corrected chi connectivity index (χ2v) is 11.2. The van der Waals surface area contributed by atoms with E-state index in [1.54, 1.807) is 18.2 Å². The van der Waals surface area contributed by atoms with E-state index < -0.39 is 15.9 Å². The predicted molar refractivity (Wildman–Crippen MR) is 135 cm³/mol. The molecule has 1 saturated heterocycles. The maximum absolute atomic E-state index is 13.3. The average Bonchev–Trinajstić information content (AvgIpc) is 2.81. The molecule has 2 aromatic rings. The van der Waals surface area contributed by atoms with Crippen LogP contribution in [0.2, 0.25) is 0 Å². The number of hydrogen-bond acceptors (Lipinski definition) is 4. The van der Waals surface area contributed by atoms with Gasteiger partial charge in [-0.05, 0) is 86.6 Å². The monoisotopic (exact) mass is 536 g/mol. The predicted octanol–water partition coefficient (Wildman–Crippen LogP) is 5.32. The van der Waals surface area contributed by atoms with E-state index >= 15 is 0 Å². The lowest BCUT2D eigenvalue weighted by Crippen LogP contribution is -2.43. The normalized spacial score (nSPS) is 17.1. The van der Waals surface area contributed by atoms with Crippen molar-refractivity contribution >= 4 is 37.5 Å². The highest BCUT2D eigenvalue weighted by Gasteiger charge is 2.34. The van der Waals surface area contributed by atoms with Gasteiger partial charge in [-0.25, -0.2) is 8.42 Å². The van der Waals surface area contributed by atoms with Crippen LogP contribution in [-0.4, -0.2) is 38.3 Å². The number of halogens is 1. The molecule has 6 nitrogen and oxygen atoms in total. The van der Waals surface area contributed by atoms with Crippen molar-refractivity contribution in [2.45, 2.75) is 58.3 Å². The quantitative estimate of drug-likeness (QED) is 0.495. The van der Waals surface area contributed by atoms with Crippen molar-refractivity contribution in [1.82, 2.24) is 4.31 Å². The first-order valence-electron chi connectivity index (χ1n) is 11.6. The van der Waals surface area contributed by atoms with Crippen molar-refractivity contribution in [3.05, 3.63) is 51.5 Å². The number of hydrogen-bond donors (Lipinski definition) is 1. The summed E-state index contributed by atoms with van der Waals surface area (Å²) in [6.07, 6.45) is 2.91. The first kappa shape index (κ1) is 25.7. The molecule has 0 aromatic heterocycles. The van der Waals surface area contributed by atoms with Crippen LogP contribution in [0.25, 0.3) is 0 Å². The van der Waals surface area contributed by atoms with Gasteiger partial charge in [-0.15, -0.1) is 0 Å². The molecular formula is C25H33BrN2O4S. The minimum atomic E-state index is -3.70. The number of ether oxygens (including phenoxy) is 1. The molecule has 1 aliphatic heterocycles. The van der Waals surface area contributed by atoms with Gasteiger partial charge in [0.1, 0.15) is 5.75 Å². The Bertz CT molecular complexity index is 1090. The molecule has 180 valence electrons. The molecule has 0 saturated carbocycles. The molecule has 2 aromatic carbocycles. The molecule has 1 aliphatic rings. The Morgan fingerprint density at radius 2 is 1.82 bits per heavy atom. The first-order valence-corrected chi connectivity index (χ1v) is 13.8. The summed E-state index contributed by atoms with van der Waals surface area (Å²) in [6, 6.07) is 8.99. The molecule has 1 heterocycles. The Morgan fingerprint density at radius 3 is 2.39 bits per heavy atom. The second kappa shape index (κ2) is 11.0. The molecule has 3 rings (SSSR count). The van der Waals surface area contributed by atoms with Crippen LogP contribution in [0.5, 0.6) is 5.75 Å². The number of benzene rings is 2. The Hall–Kier alpha value is -1.90. The number of nitrogens with zero attached hydrogens (tertiary/aromatic N) is 1. The van der Waals surface area contributed by atoms with Crippen LogP contribution in [-0.2, 0) is 27.7 Å². The molecule has 8 heteroatoms. The number of piperidine rings is 1. The fourth-order valence-corrected chi connectivity index (χ4v) is 6.45. The standard InChI is InChI=1S/C25H33BrN2O4S/c1-5-18-14-21(26)15-19(6-2)24(18)27-25(29)20-9-8-12-28(16-20)33(30,31)22-10-11-23(32-7-3)17(4)13-22/h10-11,13-15,20H,5-9,12,16H2,1-4H3,(H,27,29). The SMILES string of the molecule is CCOc1ccc(S(=O)(=O)N2CCCC(C(=O)Nc3c(CC)cc(Br)cc3CC)C2)cc1C. The molecular weight excluding hydrogens is 504 g/mol. The van der Waals surface area contributed by atoms with Gasteiger partial charge in [0.2, 0.25) is 15.9 Å². The molecule has 0 aliphatic carbocycles. The topological polar surface area (TPSA) is 75.7 Å². The molecule has 1 unspecified atom stereocenters. The summed E-state index contributed by atoms with van der Waals surface area (Å²) in [6.45, 7) is 8.97. The van der Waals surface area contributed by atoms with Gasteiger partial charge in [0.25, 0.3) is 0 Å². The zero-order chi connectivity index (χ0) is 24.2. The van der Waals surface area contributed by atoms with Crippen LogP contribution in [0.4, 0.5) is 5.69 Å². The molecule has 0 bridgehead atoms. The fraction of sp³-hybridized carbons (Fsp3) is 0.480. The minimum Gasteiger partial charge on any atom is -0.494 e. The van der Waals surface area contributed by atoms with E-state index in [0.717, 1.165) is 39.7 Å². The number of rotatable bonds is 8. The van der Waals surface area contributed by atoms with Crippen LogP contribution >= 0.6 is 15.9 Å². The number of carbonyl (C=O) groups excluding carboxylic acids is 1. The maximum Gasteiger partial charge on any atom is 0.243 e. The smallest absolute Gasteiger partial charge is 0.243 e. The number of carbonyl (C=O) groups is 1. The van der Waals surface area contributed by atoms with E-state index in [-0.39, 0.29) is 17.3 Å². The van der Waals surface area contributed by atoms with Gasteiger partial charge in [-0.2, -0.15) is 4.31 Å².